The van der Waals surface area contributed by atoms with Gasteiger partial charge >= 0.3 is 0 Å². The van der Waals surface area contributed by atoms with E-state index < -0.39 is 15.5 Å². The predicted molar refractivity (Wildman–Crippen MR) is 122 cm³/mol. The van der Waals surface area contributed by atoms with Gasteiger partial charge in [-0.1, -0.05) is 62.4 Å². The fourth-order valence-electron chi connectivity index (χ4n) is 4.00. The number of hydrogen-bond donors (Lipinski definition) is 1. The highest BCUT2D eigenvalue weighted by molar-refractivity contribution is 7.99. The average Bonchev–Trinajstić information content (AvgIpc) is 2.73. The normalized spacial score (nSPS) is 14.2. The van der Waals surface area contributed by atoms with Crippen LogP contribution in [0, 0.1) is 0 Å². The molecule has 1 unspecified atom stereocenters. The van der Waals surface area contributed by atoms with Crippen molar-refractivity contribution in [2.24, 2.45) is 0 Å². The molecule has 0 spiro atoms. The summed E-state index contributed by atoms with van der Waals surface area (Å²) < 4.78 is 34.9. The molecule has 2 aromatic carbocycles. The summed E-state index contributed by atoms with van der Waals surface area (Å²) in [5.74, 6) is 0. The largest absolute Gasteiger partial charge is 0.319 e. The van der Waals surface area contributed by atoms with E-state index in [1.165, 1.54) is 0 Å². The molecule has 1 aliphatic heterocycles. The van der Waals surface area contributed by atoms with Crippen LogP contribution in [0.15, 0.2) is 70.6 Å². The summed E-state index contributed by atoms with van der Waals surface area (Å²) in [6.45, 7) is 3.90. The monoisotopic (exact) mass is 440 g/mol. The predicted octanol–water partition coefficient (Wildman–Crippen LogP) is 5.93. The molecule has 0 aliphatic carbocycles. The Morgan fingerprint density at radius 3 is 2.53 bits per heavy atom. The second kappa shape index (κ2) is 8.41. The fraction of sp³-hybridized carbons (Fsp3) is 0.261. The van der Waals surface area contributed by atoms with E-state index >= 15 is 0 Å². The maximum Gasteiger partial charge on any atom is 0.286 e. The van der Waals surface area contributed by atoms with E-state index in [9.17, 15) is 13.0 Å². The lowest BCUT2D eigenvalue weighted by atomic mass is 9.99. The first-order valence-corrected chi connectivity index (χ1v) is 12.4. The Kier molecular flexibility index (Phi) is 5.86. The minimum absolute atomic E-state index is 0.246. The molecular formula is C23H24N2O3S2. The third-order valence-electron chi connectivity index (χ3n) is 5.23. The Bertz CT molecular complexity index is 1180. The number of pyridine rings is 1. The first kappa shape index (κ1) is 20.9. The molecule has 7 heteroatoms. The van der Waals surface area contributed by atoms with E-state index in [0.717, 1.165) is 50.8 Å². The second-order valence-corrected chi connectivity index (χ2v) is 9.89. The van der Waals surface area contributed by atoms with Gasteiger partial charge in [0.1, 0.15) is 0 Å². The number of anilines is 2. The van der Waals surface area contributed by atoms with Crippen LogP contribution in [0.2, 0.25) is 0 Å². The van der Waals surface area contributed by atoms with Crippen molar-refractivity contribution >= 4 is 33.3 Å². The lowest BCUT2D eigenvalue weighted by Gasteiger charge is -2.38. The summed E-state index contributed by atoms with van der Waals surface area (Å²) in [6, 6.07) is 17.7. The smallest absolute Gasteiger partial charge is 0.286 e. The van der Waals surface area contributed by atoms with Crippen molar-refractivity contribution in [3.63, 3.8) is 0 Å². The van der Waals surface area contributed by atoms with Crippen LogP contribution in [0.25, 0.3) is 11.3 Å². The van der Waals surface area contributed by atoms with Crippen molar-refractivity contribution in [2.75, 3.05) is 4.90 Å². The van der Waals surface area contributed by atoms with Gasteiger partial charge in [0.2, 0.25) is 0 Å². The molecule has 0 fully saturated rings. The highest BCUT2D eigenvalue weighted by Gasteiger charge is 2.37. The molecule has 1 aliphatic rings. The van der Waals surface area contributed by atoms with Crippen molar-refractivity contribution in [2.45, 2.75) is 48.3 Å². The maximum atomic E-state index is 12.4. The molecule has 2 heterocycles. The summed E-state index contributed by atoms with van der Waals surface area (Å²) in [5.41, 5.74) is 4.41. The van der Waals surface area contributed by atoms with E-state index in [0.29, 0.717) is 0 Å². The van der Waals surface area contributed by atoms with Gasteiger partial charge < -0.3 is 4.90 Å². The maximum absolute atomic E-state index is 12.4. The summed E-state index contributed by atoms with van der Waals surface area (Å²) >= 11 is 1.61. The standard InChI is InChI=1S/C23H24N2O3S2/c1-3-9-16-10-8-15-24-22(16)17-11-7-14-20-23(17)25(21(4-2)30(26,27)28)18-12-5-6-13-19(18)29-20/h5-8,10-15,21H,3-4,9H2,1-2H3,(H,26,27,28). The lowest BCUT2D eigenvalue weighted by molar-refractivity contribution is 0.464. The Labute approximate surface area is 181 Å². The van der Waals surface area contributed by atoms with E-state index in [1.807, 2.05) is 48.5 Å². The molecule has 156 valence electrons. The van der Waals surface area contributed by atoms with Gasteiger partial charge in [-0.2, -0.15) is 8.42 Å². The third-order valence-corrected chi connectivity index (χ3v) is 7.58. The third kappa shape index (κ3) is 3.73. The molecule has 3 aromatic rings. The zero-order valence-corrected chi connectivity index (χ0v) is 18.6. The lowest BCUT2D eigenvalue weighted by Crippen LogP contribution is -2.39. The van der Waals surface area contributed by atoms with Crippen LogP contribution in [0.4, 0.5) is 11.4 Å². The Hall–Kier alpha value is -2.35. The number of rotatable bonds is 6. The molecule has 1 aromatic heterocycles. The van der Waals surface area contributed by atoms with Crippen LogP contribution in [-0.2, 0) is 16.5 Å². The minimum atomic E-state index is -4.32. The van der Waals surface area contributed by atoms with Gasteiger partial charge in [0.25, 0.3) is 10.1 Å². The number of para-hydroxylation sites is 2. The molecule has 0 bridgehead atoms. The van der Waals surface area contributed by atoms with Crippen LogP contribution >= 0.6 is 11.8 Å². The van der Waals surface area contributed by atoms with Gasteiger partial charge in [0.15, 0.2) is 5.37 Å². The molecular weight excluding hydrogens is 416 g/mol. The van der Waals surface area contributed by atoms with Crippen molar-refractivity contribution < 1.29 is 13.0 Å². The van der Waals surface area contributed by atoms with Gasteiger partial charge in [-0.25, -0.2) is 0 Å². The number of hydrogen-bond acceptors (Lipinski definition) is 5. The molecule has 30 heavy (non-hydrogen) atoms. The van der Waals surface area contributed by atoms with Crippen LogP contribution in [-0.4, -0.2) is 23.3 Å². The van der Waals surface area contributed by atoms with Crippen molar-refractivity contribution in [1.29, 1.82) is 0 Å². The van der Waals surface area contributed by atoms with Crippen molar-refractivity contribution in [3.05, 3.63) is 66.4 Å². The molecule has 4 rings (SSSR count). The quantitative estimate of drug-likeness (QED) is 0.479. The highest BCUT2D eigenvalue weighted by Crippen LogP contribution is 2.53. The topological polar surface area (TPSA) is 70.5 Å². The van der Waals surface area contributed by atoms with E-state index in [1.54, 1.807) is 29.8 Å². The number of fused-ring (bicyclic) bond motifs is 2. The van der Waals surface area contributed by atoms with Gasteiger partial charge in [0.05, 0.1) is 17.1 Å². The van der Waals surface area contributed by atoms with Crippen LogP contribution in [0.3, 0.4) is 0 Å². The Morgan fingerprint density at radius 2 is 1.80 bits per heavy atom. The minimum Gasteiger partial charge on any atom is -0.319 e. The second-order valence-electron chi connectivity index (χ2n) is 7.23. The van der Waals surface area contributed by atoms with Gasteiger partial charge in [-0.3, -0.25) is 9.54 Å². The molecule has 0 amide bonds. The molecule has 0 saturated carbocycles. The van der Waals surface area contributed by atoms with Gasteiger partial charge in [-0.15, -0.1) is 0 Å². The zero-order valence-electron chi connectivity index (χ0n) is 16.9. The van der Waals surface area contributed by atoms with Crippen LogP contribution < -0.4 is 4.90 Å². The average molecular weight is 441 g/mol. The number of aryl methyl sites for hydroxylation is 1. The zero-order chi connectivity index (χ0) is 21.3. The molecule has 5 nitrogen and oxygen atoms in total. The molecule has 1 N–H and O–H groups in total. The summed E-state index contributed by atoms with van der Waals surface area (Å²) in [5, 5.41) is -1.09. The van der Waals surface area contributed by atoms with E-state index in [2.05, 4.69) is 18.0 Å². The van der Waals surface area contributed by atoms with Crippen molar-refractivity contribution in [3.8, 4) is 11.3 Å². The van der Waals surface area contributed by atoms with E-state index in [4.69, 9.17) is 0 Å². The van der Waals surface area contributed by atoms with E-state index in [-0.39, 0.29) is 6.42 Å². The Morgan fingerprint density at radius 1 is 1.03 bits per heavy atom. The number of aromatic nitrogens is 1. The Balaban J connectivity index is 2.01. The van der Waals surface area contributed by atoms with Crippen LogP contribution in [0.1, 0.15) is 32.3 Å². The number of nitrogens with zero attached hydrogens (tertiary/aromatic N) is 2. The highest BCUT2D eigenvalue weighted by atomic mass is 32.2. The molecule has 0 saturated heterocycles. The van der Waals surface area contributed by atoms with Crippen LogP contribution in [0.5, 0.6) is 0 Å². The summed E-state index contributed by atoms with van der Waals surface area (Å²) in [6.07, 6.45) is 3.88. The molecule has 0 radical (unpaired) electrons. The summed E-state index contributed by atoms with van der Waals surface area (Å²) in [4.78, 5) is 8.34. The fourth-order valence-corrected chi connectivity index (χ4v) is 6.02. The van der Waals surface area contributed by atoms with Gasteiger partial charge in [0, 0.05) is 21.6 Å². The van der Waals surface area contributed by atoms with Crippen molar-refractivity contribution in [1.82, 2.24) is 4.98 Å². The number of benzene rings is 2. The summed E-state index contributed by atoms with van der Waals surface area (Å²) in [7, 11) is -4.32. The van der Waals surface area contributed by atoms with Gasteiger partial charge in [-0.05, 0) is 42.7 Å². The SMILES string of the molecule is CCCc1cccnc1-c1cccc2c1N(C(CC)S(=O)(=O)O)c1ccccc1S2. The first-order valence-electron chi connectivity index (χ1n) is 10.0. The first-order chi connectivity index (χ1) is 14.5. The molecule has 1 atom stereocenters.